The molecule has 1 atom stereocenters. The Morgan fingerprint density at radius 1 is 1.40 bits per heavy atom. The minimum absolute atomic E-state index is 0.0490. The second kappa shape index (κ2) is 7.85. The van der Waals surface area contributed by atoms with Crippen molar-refractivity contribution in [1.29, 1.82) is 0 Å². The van der Waals surface area contributed by atoms with Gasteiger partial charge in [-0.3, -0.25) is 4.79 Å². The van der Waals surface area contributed by atoms with E-state index in [4.69, 9.17) is 0 Å². The maximum absolute atomic E-state index is 12.3. The summed E-state index contributed by atoms with van der Waals surface area (Å²) in [4.78, 5) is 18.6. The normalized spacial score (nSPS) is 12.6. The summed E-state index contributed by atoms with van der Waals surface area (Å²) >= 11 is 0. The fourth-order valence-corrected chi connectivity index (χ4v) is 1.92. The van der Waals surface area contributed by atoms with Crippen molar-refractivity contribution in [3.05, 3.63) is 23.9 Å². The average molecular weight is 278 g/mol. The molecule has 0 fully saturated rings. The lowest BCUT2D eigenvalue weighted by atomic mass is 10.0. The molecule has 0 spiro atoms. The number of likely N-dealkylation sites (N-methyl/N-ethyl adjacent to an activating group) is 1. The Balaban J connectivity index is 2.75. The summed E-state index contributed by atoms with van der Waals surface area (Å²) in [6.07, 6.45) is 1.66. The molecule has 20 heavy (non-hydrogen) atoms. The Hall–Kier alpha value is -1.62. The number of amides is 1. The second-order valence-corrected chi connectivity index (χ2v) is 5.55. The molecule has 1 aromatic rings. The minimum atomic E-state index is -0.0490. The zero-order valence-electron chi connectivity index (χ0n) is 13.1. The fourth-order valence-electron chi connectivity index (χ4n) is 1.92. The number of anilines is 1. The maximum Gasteiger partial charge on any atom is 0.251 e. The number of nitrogens with zero attached hydrogens (tertiary/aromatic N) is 2. The van der Waals surface area contributed by atoms with Crippen molar-refractivity contribution >= 4 is 11.7 Å². The zero-order chi connectivity index (χ0) is 15.1. The van der Waals surface area contributed by atoms with E-state index < -0.39 is 0 Å². The summed E-state index contributed by atoms with van der Waals surface area (Å²) in [5.41, 5.74) is 0.639. The van der Waals surface area contributed by atoms with Crippen LogP contribution in [0.1, 0.15) is 31.1 Å². The fraction of sp³-hybridized carbons (Fsp3) is 0.600. The van der Waals surface area contributed by atoms with Gasteiger partial charge in [-0.2, -0.15) is 0 Å². The van der Waals surface area contributed by atoms with Crippen LogP contribution in [0.5, 0.6) is 0 Å². The molecule has 1 amide bonds. The predicted octanol–water partition coefficient (Wildman–Crippen LogP) is 1.83. The summed E-state index contributed by atoms with van der Waals surface area (Å²) in [6.45, 7) is 7.85. The Morgan fingerprint density at radius 2 is 2.10 bits per heavy atom. The van der Waals surface area contributed by atoms with E-state index in [1.807, 2.05) is 21.0 Å². The molecule has 2 N–H and O–H groups in total. The molecule has 1 rings (SSSR count). The van der Waals surface area contributed by atoms with E-state index in [1.54, 1.807) is 18.3 Å². The quantitative estimate of drug-likeness (QED) is 0.799. The SMILES string of the molecule is CCNc1cc(C(=O)NC(CN(C)C)C(C)C)ccn1. The number of rotatable bonds is 7. The first kappa shape index (κ1) is 16.4. The van der Waals surface area contributed by atoms with Crippen molar-refractivity contribution in [2.24, 2.45) is 5.92 Å². The number of nitrogens with one attached hydrogen (secondary N) is 2. The molecule has 5 nitrogen and oxygen atoms in total. The van der Waals surface area contributed by atoms with Crippen molar-refractivity contribution < 1.29 is 4.79 Å². The molecule has 0 saturated carbocycles. The molecule has 0 aliphatic rings. The van der Waals surface area contributed by atoms with Gasteiger partial charge in [-0.25, -0.2) is 4.98 Å². The van der Waals surface area contributed by atoms with Crippen LogP contribution in [-0.4, -0.2) is 49.0 Å². The molecule has 1 unspecified atom stereocenters. The van der Waals surface area contributed by atoms with Gasteiger partial charge in [0.2, 0.25) is 0 Å². The number of carbonyl (C=O) groups is 1. The van der Waals surface area contributed by atoms with Crippen LogP contribution in [0, 0.1) is 5.92 Å². The van der Waals surface area contributed by atoms with E-state index >= 15 is 0 Å². The summed E-state index contributed by atoms with van der Waals surface area (Å²) in [5.74, 6) is 1.07. The summed E-state index contributed by atoms with van der Waals surface area (Å²) in [6, 6.07) is 3.66. The molecule has 1 aromatic heterocycles. The van der Waals surface area contributed by atoms with Crippen LogP contribution in [0.4, 0.5) is 5.82 Å². The van der Waals surface area contributed by atoms with Gasteiger partial charge >= 0.3 is 0 Å². The molecule has 5 heteroatoms. The third-order valence-corrected chi connectivity index (χ3v) is 3.06. The van der Waals surface area contributed by atoms with Crippen LogP contribution in [0.25, 0.3) is 0 Å². The van der Waals surface area contributed by atoms with E-state index in [-0.39, 0.29) is 11.9 Å². The van der Waals surface area contributed by atoms with Gasteiger partial charge in [0.15, 0.2) is 0 Å². The molecule has 0 saturated heterocycles. The van der Waals surface area contributed by atoms with E-state index in [1.165, 1.54) is 0 Å². The van der Waals surface area contributed by atoms with Gasteiger partial charge in [-0.1, -0.05) is 13.8 Å². The molecule has 0 bridgehead atoms. The highest BCUT2D eigenvalue weighted by atomic mass is 16.1. The molecule has 0 aliphatic carbocycles. The molecule has 112 valence electrons. The highest BCUT2D eigenvalue weighted by Crippen LogP contribution is 2.09. The minimum Gasteiger partial charge on any atom is -0.370 e. The van der Waals surface area contributed by atoms with Crippen molar-refractivity contribution in [2.75, 3.05) is 32.5 Å². The van der Waals surface area contributed by atoms with Crippen LogP contribution in [0.2, 0.25) is 0 Å². The van der Waals surface area contributed by atoms with Crippen molar-refractivity contribution in [2.45, 2.75) is 26.8 Å². The first-order chi connectivity index (χ1) is 9.43. The van der Waals surface area contributed by atoms with E-state index in [0.29, 0.717) is 11.5 Å². The Morgan fingerprint density at radius 3 is 2.65 bits per heavy atom. The van der Waals surface area contributed by atoms with Gasteiger partial charge < -0.3 is 15.5 Å². The average Bonchev–Trinajstić information content (AvgIpc) is 2.38. The van der Waals surface area contributed by atoms with Gasteiger partial charge in [0.25, 0.3) is 5.91 Å². The lowest BCUT2D eigenvalue weighted by Gasteiger charge is -2.25. The molecule has 0 aliphatic heterocycles. The number of pyridine rings is 1. The summed E-state index contributed by atoms with van der Waals surface area (Å²) < 4.78 is 0. The van der Waals surface area contributed by atoms with E-state index in [2.05, 4.69) is 34.4 Å². The standard InChI is InChI=1S/C15H26N4O/c1-6-16-14-9-12(7-8-17-14)15(20)18-13(11(2)3)10-19(4)5/h7-9,11,13H,6,10H2,1-5H3,(H,16,17)(H,18,20). The third-order valence-electron chi connectivity index (χ3n) is 3.06. The van der Waals surface area contributed by atoms with Gasteiger partial charge in [-0.15, -0.1) is 0 Å². The first-order valence-corrected chi connectivity index (χ1v) is 7.09. The third kappa shape index (κ3) is 5.17. The largest absolute Gasteiger partial charge is 0.370 e. The zero-order valence-corrected chi connectivity index (χ0v) is 13.1. The van der Waals surface area contributed by atoms with Crippen LogP contribution in [0.3, 0.4) is 0 Å². The summed E-state index contributed by atoms with van der Waals surface area (Å²) in [5, 5.41) is 6.21. The first-order valence-electron chi connectivity index (χ1n) is 7.09. The predicted molar refractivity (Wildman–Crippen MR) is 83.0 cm³/mol. The van der Waals surface area contributed by atoms with Gasteiger partial charge in [0, 0.05) is 30.9 Å². The Bertz CT molecular complexity index is 432. The molecule has 1 heterocycles. The molecule has 0 aromatic carbocycles. The molecular weight excluding hydrogens is 252 g/mol. The monoisotopic (exact) mass is 278 g/mol. The smallest absolute Gasteiger partial charge is 0.251 e. The van der Waals surface area contributed by atoms with Crippen molar-refractivity contribution in [1.82, 2.24) is 15.2 Å². The van der Waals surface area contributed by atoms with Crippen molar-refractivity contribution in [3.8, 4) is 0 Å². The lowest BCUT2D eigenvalue weighted by molar-refractivity contribution is 0.0916. The van der Waals surface area contributed by atoms with Gasteiger partial charge in [-0.05, 0) is 39.1 Å². The number of aromatic nitrogens is 1. The molecular formula is C15H26N4O. The highest BCUT2D eigenvalue weighted by molar-refractivity contribution is 5.95. The number of carbonyl (C=O) groups excluding carboxylic acids is 1. The maximum atomic E-state index is 12.3. The van der Waals surface area contributed by atoms with Crippen LogP contribution in [0.15, 0.2) is 18.3 Å². The highest BCUT2D eigenvalue weighted by Gasteiger charge is 2.18. The Labute approximate surface area is 121 Å². The summed E-state index contributed by atoms with van der Waals surface area (Å²) in [7, 11) is 4.02. The lowest BCUT2D eigenvalue weighted by Crippen LogP contribution is -2.45. The Kier molecular flexibility index (Phi) is 6.45. The van der Waals surface area contributed by atoms with Gasteiger partial charge in [0.1, 0.15) is 5.82 Å². The van der Waals surface area contributed by atoms with E-state index in [9.17, 15) is 4.79 Å². The van der Waals surface area contributed by atoms with Crippen LogP contribution >= 0.6 is 0 Å². The number of hydrogen-bond acceptors (Lipinski definition) is 4. The topological polar surface area (TPSA) is 57.3 Å². The number of hydrogen-bond donors (Lipinski definition) is 2. The second-order valence-electron chi connectivity index (χ2n) is 5.55. The molecule has 0 radical (unpaired) electrons. The van der Waals surface area contributed by atoms with Crippen LogP contribution < -0.4 is 10.6 Å². The van der Waals surface area contributed by atoms with Crippen molar-refractivity contribution in [3.63, 3.8) is 0 Å². The van der Waals surface area contributed by atoms with E-state index in [0.717, 1.165) is 18.9 Å². The van der Waals surface area contributed by atoms with Gasteiger partial charge in [0.05, 0.1) is 0 Å². The van der Waals surface area contributed by atoms with Crippen LogP contribution in [-0.2, 0) is 0 Å².